The predicted octanol–water partition coefficient (Wildman–Crippen LogP) is 1.04. The third-order valence-corrected chi connectivity index (χ3v) is 1.87. The Morgan fingerprint density at radius 2 is 2.00 bits per heavy atom. The summed E-state index contributed by atoms with van der Waals surface area (Å²) in [5.74, 6) is -2.03. The zero-order valence-corrected chi connectivity index (χ0v) is 7.54. The van der Waals surface area contributed by atoms with Gasteiger partial charge in [0.15, 0.2) is 5.75 Å². The summed E-state index contributed by atoms with van der Waals surface area (Å²) in [4.78, 5) is 19.4. The maximum atomic E-state index is 12.3. The monoisotopic (exact) mass is 231 g/mol. The molecule has 0 saturated heterocycles. The van der Waals surface area contributed by atoms with Crippen LogP contribution in [0, 0.1) is 0 Å². The van der Waals surface area contributed by atoms with Gasteiger partial charge in [0.2, 0.25) is 5.82 Å². The number of pyridine rings is 1. The van der Waals surface area contributed by atoms with Crippen LogP contribution in [0.25, 0.3) is 10.9 Å². The van der Waals surface area contributed by atoms with E-state index in [1.54, 1.807) is 4.98 Å². The lowest BCUT2D eigenvalue weighted by Gasteiger charge is -2.06. The lowest BCUT2D eigenvalue weighted by atomic mass is 10.3. The molecule has 0 spiro atoms. The van der Waals surface area contributed by atoms with Gasteiger partial charge in [-0.25, -0.2) is 4.98 Å². The second kappa shape index (κ2) is 3.19. The van der Waals surface area contributed by atoms with Crippen LogP contribution in [0.3, 0.4) is 0 Å². The van der Waals surface area contributed by atoms with E-state index in [4.69, 9.17) is 0 Å². The van der Waals surface area contributed by atoms with Crippen LogP contribution in [0.4, 0.5) is 13.2 Å². The molecular formula is C8H4F3N3O2. The van der Waals surface area contributed by atoms with E-state index in [-0.39, 0.29) is 5.39 Å². The number of rotatable bonds is 0. The molecule has 0 fully saturated rings. The van der Waals surface area contributed by atoms with Crippen molar-refractivity contribution in [1.82, 2.24) is 15.0 Å². The number of nitrogens with zero attached hydrogens (tertiary/aromatic N) is 2. The molecular weight excluding hydrogens is 227 g/mol. The standard InChI is InChI=1S/C8H4F3N3O2/c9-8(10,11)7-13-5-3(6(16)14-7)1-12-2-4(5)15/h1-2,15H,(H,13,14,16). The van der Waals surface area contributed by atoms with E-state index < -0.39 is 28.8 Å². The van der Waals surface area contributed by atoms with Crippen molar-refractivity contribution in [2.45, 2.75) is 6.18 Å². The van der Waals surface area contributed by atoms with E-state index >= 15 is 0 Å². The van der Waals surface area contributed by atoms with Crippen LogP contribution in [-0.4, -0.2) is 20.1 Å². The number of hydrogen-bond donors (Lipinski definition) is 2. The van der Waals surface area contributed by atoms with Crippen LogP contribution in [0.15, 0.2) is 17.2 Å². The Labute approximate surface area is 85.6 Å². The molecule has 0 amide bonds. The fourth-order valence-electron chi connectivity index (χ4n) is 1.18. The SMILES string of the molecule is O=c1[nH]c(C(F)(F)F)nc2c(O)cncc12. The van der Waals surface area contributed by atoms with Crippen molar-refractivity contribution in [3.05, 3.63) is 28.6 Å². The highest BCUT2D eigenvalue weighted by Crippen LogP contribution is 2.27. The highest BCUT2D eigenvalue weighted by Gasteiger charge is 2.34. The Morgan fingerprint density at radius 1 is 1.31 bits per heavy atom. The van der Waals surface area contributed by atoms with Crippen molar-refractivity contribution in [2.75, 3.05) is 0 Å². The maximum absolute atomic E-state index is 12.3. The summed E-state index contributed by atoms with van der Waals surface area (Å²) < 4.78 is 36.9. The minimum atomic E-state index is -4.77. The number of hydrogen-bond acceptors (Lipinski definition) is 4. The van der Waals surface area contributed by atoms with Crippen molar-refractivity contribution in [2.24, 2.45) is 0 Å². The number of fused-ring (bicyclic) bond motifs is 1. The van der Waals surface area contributed by atoms with Gasteiger partial charge < -0.3 is 10.1 Å². The molecule has 2 heterocycles. The van der Waals surface area contributed by atoms with E-state index in [0.29, 0.717) is 0 Å². The van der Waals surface area contributed by atoms with Crippen LogP contribution < -0.4 is 5.56 Å². The molecule has 2 N–H and O–H groups in total. The van der Waals surface area contributed by atoms with Crippen molar-refractivity contribution >= 4 is 10.9 Å². The average Bonchev–Trinajstić information content (AvgIpc) is 2.18. The number of halogens is 3. The van der Waals surface area contributed by atoms with E-state index in [0.717, 1.165) is 12.4 Å². The molecule has 0 aromatic carbocycles. The first-order valence-electron chi connectivity index (χ1n) is 4.04. The molecule has 0 bridgehead atoms. The molecule has 2 aromatic heterocycles. The molecule has 0 aliphatic carbocycles. The molecule has 0 radical (unpaired) electrons. The number of H-pyrrole nitrogens is 1. The summed E-state index contributed by atoms with van der Waals surface area (Å²) in [6.07, 6.45) is -2.83. The molecule has 5 nitrogen and oxygen atoms in total. The van der Waals surface area contributed by atoms with Crippen LogP contribution in [0.2, 0.25) is 0 Å². The van der Waals surface area contributed by atoms with E-state index in [1.165, 1.54) is 0 Å². The Morgan fingerprint density at radius 3 is 2.62 bits per heavy atom. The maximum Gasteiger partial charge on any atom is 0.449 e. The molecule has 16 heavy (non-hydrogen) atoms. The molecule has 0 aliphatic rings. The van der Waals surface area contributed by atoms with Crippen LogP contribution >= 0.6 is 0 Å². The largest absolute Gasteiger partial charge is 0.504 e. The first kappa shape index (κ1) is 10.4. The Kier molecular flexibility index (Phi) is 2.07. The summed E-state index contributed by atoms with van der Waals surface area (Å²) >= 11 is 0. The third kappa shape index (κ3) is 1.58. The van der Waals surface area contributed by atoms with Gasteiger partial charge in [0, 0.05) is 6.20 Å². The third-order valence-electron chi connectivity index (χ3n) is 1.87. The second-order valence-electron chi connectivity index (χ2n) is 2.97. The van der Waals surface area contributed by atoms with Gasteiger partial charge in [-0.05, 0) is 0 Å². The fraction of sp³-hybridized carbons (Fsp3) is 0.125. The molecule has 2 aromatic rings. The highest BCUT2D eigenvalue weighted by molar-refractivity contribution is 5.81. The number of aromatic nitrogens is 3. The molecule has 84 valence electrons. The zero-order valence-electron chi connectivity index (χ0n) is 7.54. The summed E-state index contributed by atoms with van der Waals surface area (Å²) in [6.45, 7) is 0. The summed E-state index contributed by atoms with van der Waals surface area (Å²) in [7, 11) is 0. The number of alkyl halides is 3. The van der Waals surface area contributed by atoms with Crippen molar-refractivity contribution in [3.8, 4) is 5.75 Å². The fourth-order valence-corrected chi connectivity index (χ4v) is 1.18. The van der Waals surface area contributed by atoms with E-state index in [1.807, 2.05) is 0 Å². The summed E-state index contributed by atoms with van der Waals surface area (Å²) in [5.41, 5.74) is -1.42. The van der Waals surface area contributed by atoms with Gasteiger partial charge in [-0.3, -0.25) is 9.78 Å². The molecule has 2 rings (SSSR count). The smallest absolute Gasteiger partial charge is 0.449 e. The molecule has 8 heteroatoms. The average molecular weight is 231 g/mol. The molecule has 0 atom stereocenters. The Hall–Kier alpha value is -2.12. The van der Waals surface area contributed by atoms with E-state index in [9.17, 15) is 23.1 Å². The minimum Gasteiger partial charge on any atom is -0.504 e. The second-order valence-corrected chi connectivity index (χ2v) is 2.97. The van der Waals surface area contributed by atoms with Gasteiger partial charge in [0.1, 0.15) is 5.52 Å². The number of nitrogens with one attached hydrogen (secondary N) is 1. The highest BCUT2D eigenvalue weighted by atomic mass is 19.4. The number of aromatic amines is 1. The van der Waals surface area contributed by atoms with Gasteiger partial charge in [0.25, 0.3) is 5.56 Å². The van der Waals surface area contributed by atoms with Gasteiger partial charge in [0.05, 0.1) is 11.6 Å². The zero-order chi connectivity index (χ0) is 11.9. The quantitative estimate of drug-likeness (QED) is 0.710. The van der Waals surface area contributed by atoms with Crippen molar-refractivity contribution < 1.29 is 18.3 Å². The lowest BCUT2D eigenvalue weighted by molar-refractivity contribution is -0.144. The molecule has 0 unspecified atom stereocenters. The minimum absolute atomic E-state index is 0.201. The summed E-state index contributed by atoms with van der Waals surface area (Å²) in [5, 5.41) is 9.04. The van der Waals surface area contributed by atoms with E-state index in [2.05, 4.69) is 9.97 Å². The topological polar surface area (TPSA) is 78.9 Å². The van der Waals surface area contributed by atoms with Gasteiger partial charge in [-0.15, -0.1) is 0 Å². The lowest BCUT2D eigenvalue weighted by Crippen LogP contribution is -2.19. The predicted molar refractivity (Wildman–Crippen MR) is 46.8 cm³/mol. The Balaban J connectivity index is 2.86. The number of aromatic hydroxyl groups is 1. The van der Waals surface area contributed by atoms with Gasteiger partial charge in [-0.1, -0.05) is 0 Å². The molecule has 0 saturated carbocycles. The Bertz CT molecular complexity index is 605. The van der Waals surface area contributed by atoms with Crippen molar-refractivity contribution in [1.29, 1.82) is 0 Å². The van der Waals surface area contributed by atoms with Crippen LogP contribution in [-0.2, 0) is 6.18 Å². The van der Waals surface area contributed by atoms with Crippen molar-refractivity contribution in [3.63, 3.8) is 0 Å². The van der Waals surface area contributed by atoms with Gasteiger partial charge >= 0.3 is 6.18 Å². The van der Waals surface area contributed by atoms with Crippen LogP contribution in [0.5, 0.6) is 5.75 Å². The first-order chi connectivity index (χ1) is 7.39. The van der Waals surface area contributed by atoms with Gasteiger partial charge in [-0.2, -0.15) is 13.2 Å². The normalized spacial score (nSPS) is 11.9. The van der Waals surface area contributed by atoms with Crippen LogP contribution in [0.1, 0.15) is 5.82 Å². The molecule has 0 aliphatic heterocycles. The summed E-state index contributed by atoms with van der Waals surface area (Å²) in [6, 6.07) is 0. The first-order valence-corrected chi connectivity index (χ1v) is 4.04.